The summed E-state index contributed by atoms with van der Waals surface area (Å²) in [6, 6.07) is 5.19. The van der Waals surface area contributed by atoms with Crippen molar-refractivity contribution in [1.82, 2.24) is 9.88 Å². The van der Waals surface area contributed by atoms with Crippen LogP contribution < -0.4 is 9.47 Å². The van der Waals surface area contributed by atoms with E-state index < -0.39 is 18.4 Å². The Labute approximate surface area is 149 Å². The van der Waals surface area contributed by atoms with Gasteiger partial charge in [-0.3, -0.25) is 9.59 Å². The molecule has 0 unspecified atom stereocenters. The number of hydrogen-bond donors (Lipinski definition) is 1. The number of thiazole rings is 1. The van der Waals surface area contributed by atoms with Crippen molar-refractivity contribution in [2.75, 3.05) is 20.8 Å². The van der Waals surface area contributed by atoms with Gasteiger partial charge in [0.15, 0.2) is 0 Å². The maximum absolute atomic E-state index is 12.8. The third-order valence-electron chi connectivity index (χ3n) is 3.50. The number of rotatable bonds is 7. The van der Waals surface area contributed by atoms with Gasteiger partial charge in [-0.15, -0.1) is 11.3 Å². The Kier molecular flexibility index (Phi) is 5.97. The first kappa shape index (κ1) is 18.7. The van der Waals surface area contributed by atoms with E-state index in [4.69, 9.17) is 9.47 Å². The van der Waals surface area contributed by atoms with Crippen LogP contribution in [-0.4, -0.2) is 47.6 Å². The topological polar surface area (TPSA) is 89.0 Å². The fraction of sp³-hybridized carbons (Fsp3) is 0.353. The number of carbonyl (C=O) groups excluding carboxylic acids is 1. The van der Waals surface area contributed by atoms with E-state index in [0.29, 0.717) is 22.8 Å². The molecule has 0 fully saturated rings. The van der Waals surface area contributed by atoms with E-state index in [1.807, 2.05) is 6.92 Å². The van der Waals surface area contributed by atoms with E-state index in [1.165, 1.54) is 30.5 Å². The average molecular weight is 364 g/mol. The van der Waals surface area contributed by atoms with Crippen molar-refractivity contribution in [3.05, 3.63) is 39.3 Å². The van der Waals surface area contributed by atoms with Crippen LogP contribution >= 0.6 is 11.3 Å². The smallest absolute Gasteiger partial charge is 0.323 e. The lowest BCUT2D eigenvalue weighted by atomic mass is 10.1. The maximum atomic E-state index is 12.8. The molecule has 0 saturated heterocycles. The van der Waals surface area contributed by atoms with Crippen molar-refractivity contribution in [2.45, 2.75) is 20.4 Å². The SMILES string of the molecule is COc1cc(CN(CC(=O)O)C(=O)c2nc(C)sc2C)cc(OC)c1. The van der Waals surface area contributed by atoms with E-state index in [-0.39, 0.29) is 6.54 Å². The van der Waals surface area contributed by atoms with E-state index in [9.17, 15) is 14.7 Å². The molecule has 1 heterocycles. The number of benzene rings is 1. The molecule has 1 aromatic carbocycles. The first-order valence-corrected chi connectivity index (χ1v) is 8.32. The number of methoxy groups -OCH3 is 2. The van der Waals surface area contributed by atoms with Crippen LogP contribution in [0.1, 0.15) is 25.9 Å². The van der Waals surface area contributed by atoms with Crippen molar-refractivity contribution in [1.29, 1.82) is 0 Å². The Hall–Kier alpha value is -2.61. The highest BCUT2D eigenvalue weighted by Crippen LogP contribution is 2.24. The molecular weight excluding hydrogens is 344 g/mol. The summed E-state index contributed by atoms with van der Waals surface area (Å²) < 4.78 is 10.4. The average Bonchev–Trinajstić information content (AvgIpc) is 2.91. The molecule has 1 N–H and O–H groups in total. The molecule has 1 aromatic heterocycles. The van der Waals surface area contributed by atoms with Gasteiger partial charge in [-0.2, -0.15) is 0 Å². The van der Waals surface area contributed by atoms with Crippen LogP contribution in [0.15, 0.2) is 18.2 Å². The third-order valence-corrected chi connectivity index (χ3v) is 4.39. The molecule has 0 spiro atoms. The number of nitrogens with zero attached hydrogens (tertiary/aromatic N) is 2. The van der Waals surface area contributed by atoms with Gasteiger partial charge >= 0.3 is 5.97 Å². The largest absolute Gasteiger partial charge is 0.497 e. The van der Waals surface area contributed by atoms with Crippen LogP contribution in [0.25, 0.3) is 0 Å². The van der Waals surface area contributed by atoms with Crippen molar-refractivity contribution < 1.29 is 24.2 Å². The minimum Gasteiger partial charge on any atom is -0.497 e. The number of carbonyl (C=O) groups is 2. The number of aliphatic carboxylic acids is 1. The number of aryl methyl sites for hydroxylation is 2. The standard InChI is InChI=1S/C17H20N2O5S/c1-10-16(18-11(2)25-10)17(22)19(9-15(20)21)8-12-5-13(23-3)7-14(6-12)24-4/h5-7H,8-9H2,1-4H3,(H,20,21). The summed E-state index contributed by atoms with van der Waals surface area (Å²) in [5.74, 6) is -0.366. The summed E-state index contributed by atoms with van der Waals surface area (Å²) in [5, 5.41) is 9.94. The van der Waals surface area contributed by atoms with Crippen molar-refractivity contribution >= 4 is 23.2 Å². The van der Waals surface area contributed by atoms with Gasteiger partial charge < -0.3 is 19.5 Å². The fourth-order valence-corrected chi connectivity index (χ4v) is 3.23. The first-order valence-electron chi connectivity index (χ1n) is 7.51. The molecule has 0 aliphatic rings. The molecular formula is C17H20N2O5S. The van der Waals surface area contributed by atoms with Gasteiger partial charge in [0.2, 0.25) is 0 Å². The molecule has 0 bridgehead atoms. The van der Waals surface area contributed by atoms with Gasteiger partial charge in [0.1, 0.15) is 23.7 Å². The van der Waals surface area contributed by atoms with E-state index in [1.54, 1.807) is 25.1 Å². The zero-order chi connectivity index (χ0) is 18.6. The highest BCUT2D eigenvalue weighted by atomic mass is 32.1. The minimum absolute atomic E-state index is 0.106. The summed E-state index contributed by atoms with van der Waals surface area (Å²) in [6.07, 6.45) is 0. The summed E-state index contributed by atoms with van der Waals surface area (Å²) in [5.41, 5.74) is 0.994. The monoisotopic (exact) mass is 364 g/mol. The van der Waals surface area contributed by atoms with Gasteiger partial charge in [0.25, 0.3) is 5.91 Å². The summed E-state index contributed by atoms with van der Waals surface area (Å²) in [4.78, 5) is 30.2. The number of carboxylic acid groups (broad SMARTS) is 1. The van der Waals surface area contributed by atoms with Gasteiger partial charge in [-0.25, -0.2) is 4.98 Å². The van der Waals surface area contributed by atoms with E-state index in [2.05, 4.69) is 4.98 Å². The van der Waals surface area contributed by atoms with Gasteiger partial charge in [-0.1, -0.05) is 0 Å². The minimum atomic E-state index is -1.09. The quantitative estimate of drug-likeness (QED) is 0.812. The lowest BCUT2D eigenvalue weighted by Gasteiger charge is -2.21. The van der Waals surface area contributed by atoms with Gasteiger partial charge in [0.05, 0.1) is 19.2 Å². The van der Waals surface area contributed by atoms with Crippen LogP contribution in [-0.2, 0) is 11.3 Å². The lowest BCUT2D eigenvalue weighted by molar-refractivity contribution is -0.137. The molecule has 134 valence electrons. The Morgan fingerprint density at radius 2 is 1.76 bits per heavy atom. The second-order valence-corrected chi connectivity index (χ2v) is 6.82. The molecule has 0 aliphatic carbocycles. The summed E-state index contributed by atoms with van der Waals surface area (Å²) >= 11 is 1.41. The predicted octanol–water partition coefficient (Wildman–Crippen LogP) is 2.50. The van der Waals surface area contributed by atoms with Crippen LogP contribution in [0.3, 0.4) is 0 Å². The Morgan fingerprint density at radius 3 is 2.20 bits per heavy atom. The highest BCUT2D eigenvalue weighted by Gasteiger charge is 2.23. The number of amides is 1. The first-order chi connectivity index (χ1) is 11.8. The zero-order valence-corrected chi connectivity index (χ0v) is 15.3. The van der Waals surface area contributed by atoms with Crippen LogP contribution in [0.5, 0.6) is 11.5 Å². The van der Waals surface area contributed by atoms with Crippen LogP contribution in [0.4, 0.5) is 0 Å². The Balaban J connectivity index is 2.33. The zero-order valence-electron chi connectivity index (χ0n) is 14.5. The second-order valence-electron chi connectivity index (χ2n) is 5.41. The normalized spacial score (nSPS) is 10.4. The molecule has 2 rings (SSSR count). The third kappa shape index (κ3) is 4.69. The molecule has 0 saturated carbocycles. The van der Waals surface area contributed by atoms with Crippen molar-refractivity contribution in [2.24, 2.45) is 0 Å². The summed E-state index contributed by atoms with van der Waals surface area (Å²) in [7, 11) is 3.06. The number of carboxylic acids is 1. The number of ether oxygens (including phenoxy) is 2. The van der Waals surface area contributed by atoms with Crippen molar-refractivity contribution in [3.8, 4) is 11.5 Å². The predicted molar refractivity (Wildman–Crippen MR) is 93.5 cm³/mol. The molecule has 0 aliphatic heterocycles. The number of aromatic nitrogens is 1. The maximum Gasteiger partial charge on any atom is 0.323 e. The summed E-state index contributed by atoms with van der Waals surface area (Å²) in [6.45, 7) is 3.29. The molecule has 2 aromatic rings. The highest BCUT2D eigenvalue weighted by molar-refractivity contribution is 7.11. The lowest BCUT2D eigenvalue weighted by Crippen LogP contribution is -2.35. The van der Waals surface area contributed by atoms with Crippen LogP contribution in [0.2, 0.25) is 0 Å². The molecule has 0 radical (unpaired) electrons. The molecule has 25 heavy (non-hydrogen) atoms. The second kappa shape index (κ2) is 7.98. The molecule has 8 heteroatoms. The molecule has 7 nitrogen and oxygen atoms in total. The van der Waals surface area contributed by atoms with Gasteiger partial charge in [0, 0.05) is 17.5 Å². The van der Waals surface area contributed by atoms with Gasteiger partial charge in [-0.05, 0) is 31.5 Å². The van der Waals surface area contributed by atoms with Crippen LogP contribution in [0, 0.1) is 13.8 Å². The Bertz CT molecular complexity index is 765. The number of hydrogen-bond acceptors (Lipinski definition) is 6. The van der Waals surface area contributed by atoms with Crippen molar-refractivity contribution in [3.63, 3.8) is 0 Å². The van der Waals surface area contributed by atoms with E-state index >= 15 is 0 Å². The molecule has 0 atom stereocenters. The molecule has 1 amide bonds. The van der Waals surface area contributed by atoms with E-state index in [0.717, 1.165) is 9.88 Å². The fourth-order valence-electron chi connectivity index (χ4n) is 2.42. The Morgan fingerprint density at radius 1 is 1.16 bits per heavy atom.